The third kappa shape index (κ3) is 5.83. The molecule has 106 valence electrons. The van der Waals surface area contributed by atoms with Crippen molar-refractivity contribution < 1.29 is 9.53 Å². The van der Waals surface area contributed by atoms with Crippen molar-refractivity contribution in [2.45, 2.75) is 52.0 Å². The van der Waals surface area contributed by atoms with Gasteiger partial charge in [-0.2, -0.15) is 0 Å². The van der Waals surface area contributed by atoms with E-state index in [-0.39, 0.29) is 11.9 Å². The topological polar surface area (TPSA) is 41.6 Å². The third-order valence-corrected chi connectivity index (χ3v) is 3.34. The highest BCUT2D eigenvalue weighted by Gasteiger charge is 2.20. The minimum absolute atomic E-state index is 0.206. The molecule has 1 saturated heterocycles. The molecule has 1 amide bonds. The molecule has 1 fully saturated rings. The van der Waals surface area contributed by atoms with Crippen LogP contribution in [0.3, 0.4) is 0 Å². The van der Waals surface area contributed by atoms with Crippen LogP contribution in [0.5, 0.6) is 0 Å². The van der Waals surface area contributed by atoms with Crippen LogP contribution in [0.4, 0.5) is 0 Å². The lowest BCUT2D eigenvalue weighted by atomic mass is 10.1. The number of unbranched alkanes of at least 4 members (excludes halogenated alkanes) is 2. The summed E-state index contributed by atoms with van der Waals surface area (Å²) in [5, 5.41) is 3.34. The summed E-state index contributed by atoms with van der Waals surface area (Å²) < 4.78 is 5.39. The van der Waals surface area contributed by atoms with Crippen LogP contribution in [0.1, 0.15) is 46.0 Å². The number of nitrogens with one attached hydrogen (secondary N) is 1. The highest BCUT2D eigenvalue weighted by molar-refractivity contribution is 5.76. The molecule has 1 heterocycles. The molecule has 1 aliphatic heterocycles. The molecule has 0 spiro atoms. The first-order valence-corrected chi connectivity index (χ1v) is 7.36. The van der Waals surface area contributed by atoms with E-state index >= 15 is 0 Å². The molecule has 0 saturated carbocycles. The Hall–Kier alpha value is -0.610. The quantitative estimate of drug-likeness (QED) is 0.720. The first-order valence-electron chi connectivity index (χ1n) is 7.36. The highest BCUT2D eigenvalue weighted by atomic mass is 16.5. The van der Waals surface area contributed by atoms with E-state index in [0.717, 1.165) is 51.9 Å². The van der Waals surface area contributed by atoms with Crippen LogP contribution in [0.25, 0.3) is 0 Å². The summed E-state index contributed by atoms with van der Waals surface area (Å²) in [5.41, 5.74) is 0. The summed E-state index contributed by atoms with van der Waals surface area (Å²) in [5.74, 6) is 0.278. The molecule has 1 aliphatic rings. The molecule has 1 rings (SSSR count). The number of rotatable bonds is 8. The Kier molecular flexibility index (Phi) is 8.01. The monoisotopic (exact) mass is 256 g/mol. The fraction of sp³-hybridized carbons (Fsp3) is 0.929. The van der Waals surface area contributed by atoms with Crippen molar-refractivity contribution in [1.29, 1.82) is 0 Å². The van der Waals surface area contributed by atoms with E-state index in [9.17, 15) is 4.79 Å². The molecule has 0 aromatic heterocycles. The van der Waals surface area contributed by atoms with Crippen LogP contribution in [-0.2, 0) is 9.53 Å². The molecule has 1 atom stereocenters. The van der Waals surface area contributed by atoms with E-state index in [1.54, 1.807) is 0 Å². The predicted molar refractivity (Wildman–Crippen MR) is 73.6 cm³/mol. The molecule has 0 aliphatic carbocycles. The van der Waals surface area contributed by atoms with Crippen LogP contribution >= 0.6 is 0 Å². The molecule has 4 nitrogen and oxygen atoms in total. The Morgan fingerprint density at radius 2 is 1.94 bits per heavy atom. The summed E-state index contributed by atoms with van der Waals surface area (Å²) in [4.78, 5) is 14.3. The summed E-state index contributed by atoms with van der Waals surface area (Å²) in [7, 11) is 0. The largest absolute Gasteiger partial charge is 0.378 e. The fourth-order valence-electron chi connectivity index (χ4n) is 2.15. The molecule has 4 heteroatoms. The number of hydrogen-bond acceptors (Lipinski definition) is 3. The van der Waals surface area contributed by atoms with Gasteiger partial charge in [0.2, 0.25) is 5.91 Å². The van der Waals surface area contributed by atoms with E-state index in [4.69, 9.17) is 4.74 Å². The molecule has 0 aromatic rings. The standard InChI is InChI=1S/C14H28N2O2/c1-3-5-8-16(9-6-4-2)14(17)11-13-12-18-10-7-15-13/h13,15H,3-12H2,1-2H3. The van der Waals surface area contributed by atoms with Gasteiger partial charge in [0.15, 0.2) is 0 Å². The maximum atomic E-state index is 12.3. The second kappa shape index (κ2) is 9.34. The van der Waals surface area contributed by atoms with Gasteiger partial charge in [0.1, 0.15) is 0 Å². The van der Waals surface area contributed by atoms with Crippen molar-refractivity contribution in [3.05, 3.63) is 0 Å². The average molecular weight is 256 g/mol. The second-order valence-corrected chi connectivity index (χ2v) is 5.02. The number of ether oxygens (including phenoxy) is 1. The Bertz CT molecular complexity index is 220. The van der Waals surface area contributed by atoms with Gasteiger partial charge in [-0.3, -0.25) is 4.79 Å². The van der Waals surface area contributed by atoms with Crippen LogP contribution < -0.4 is 5.32 Å². The van der Waals surface area contributed by atoms with Gasteiger partial charge in [0.25, 0.3) is 0 Å². The van der Waals surface area contributed by atoms with Gasteiger partial charge >= 0.3 is 0 Å². The van der Waals surface area contributed by atoms with Crippen molar-refractivity contribution >= 4 is 5.91 Å². The first kappa shape index (κ1) is 15.4. The van der Waals surface area contributed by atoms with Gasteiger partial charge in [-0.1, -0.05) is 26.7 Å². The molecule has 18 heavy (non-hydrogen) atoms. The lowest BCUT2D eigenvalue weighted by Gasteiger charge is -2.27. The van der Waals surface area contributed by atoms with Crippen molar-refractivity contribution in [2.24, 2.45) is 0 Å². The van der Waals surface area contributed by atoms with Gasteiger partial charge in [0, 0.05) is 32.1 Å². The van der Waals surface area contributed by atoms with Crippen LogP contribution in [0.2, 0.25) is 0 Å². The van der Waals surface area contributed by atoms with E-state index in [1.807, 2.05) is 4.90 Å². The lowest BCUT2D eigenvalue weighted by molar-refractivity contribution is -0.132. The first-order chi connectivity index (χ1) is 8.77. The van der Waals surface area contributed by atoms with Gasteiger partial charge in [0.05, 0.1) is 13.2 Å². The Labute approximate surface area is 111 Å². The predicted octanol–water partition coefficient (Wildman–Crippen LogP) is 1.79. The Morgan fingerprint density at radius 1 is 1.28 bits per heavy atom. The maximum Gasteiger partial charge on any atom is 0.224 e. The number of morpholine rings is 1. The lowest BCUT2D eigenvalue weighted by Crippen LogP contribution is -2.45. The zero-order valence-electron chi connectivity index (χ0n) is 11.9. The number of carbonyl (C=O) groups excluding carboxylic acids is 1. The number of hydrogen-bond donors (Lipinski definition) is 1. The molecule has 0 aromatic carbocycles. The van der Waals surface area contributed by atoms with E-state index in [2.05, 4.69) is 19.2 Å². The van der Waals surface area contributed by atoms with Gasteiger partial charge in [-0.05, 0) is 12.8 Å². The Balaban J connectivity index is 2.35. The molecule has 0 bridgehead atoms. The van der Waals surface area contributed by atoms with Crippen LogP contribution in [0, 0.1) is 0 Å². The van der Waals surface area contributed by atoms with E-state index in [0.29, 0.717) is 13.0 Å². The van der Waals surface area contributed by atoms with Crippen molar-refractivity contribution in [1.82, 2.24) is 10.2 Å². The summed E-state index contributed by atoms with van der Waals surface area (Å²) in [6.07, 6.45) is 5.06. The average Bonchev–Trinajstić information content (AvgIpc) is 2.40. The summed E-state index contributed by atoms with van der Waals surface area (Å²) in [6, 6.07) is 0.206. The third-order valence-electron chi connectivity index (χ3n) is 3.34. The zero-order chi connectivity index (χ0) is 13.2. The van der Waals surface area contributed by atoms with E-state index < -0.39 is 0 Å². The minimum Gasteiger partial charge on any atom is -0.378 e. The maximum absolute atomic E-state index is 12.3. The smallest absolute Gasteiger partial charge is 0.224 e. The normalized spacial score (nSPS) is 19.8. The van der Waals surface area contributed by atoms with E-state index in [1.165, 1.54) is 0 Å². The van der Waals surface area contributed by atoms with Crippen molar-refractivity contribution in [3.63, 3.8) is 0 Å². The van der Waals surface area contributed by atoms with Crippen molar-refractivity contribution in [2.75, 3.05) is 32.8 Å². The molecular weight excluding hydrogens is 228 g/mol. The molecule has 1 unspecified atom stereocenters. The SMILES string of the molecule is CCCCN(CCCC)C(=O)CC1COCCN1. The minimum atomic E-state index is 0.206. The van der Waals surface area contributed by atoms with Gasteiger partial charge in [-0.25, -0.2) is 0 Å². The summed E-state index contributed by atoms with van der Waals surface area (Å²) in [6.45, 7) is 8.44. The zero-order valence-corrected chi connectivity index (χ0v) is 11.9. The fourth-order valence-corrected chi connectivity index (χ4v) is 2.15. The number of nitrogens with zero attached hydrogens (tertiary/aromatic N) is 1. The van der Waals surface area contributed by atoms with Crippen molar-refractivity contribution in [3.8, 4) is 0 Å². The van der Waals surface area contributed by atoms with Crippen LogP contribution in [-0.4, -0.2) is 49.7 Å². The Morgan fingerprint density at radius 3 is 2.44 bits per heavy atom. The summed E-state index contributed by atoms with van der Waals surface area (Å²) >= 11 is 0. The number of carbonyl (C=O) groups is 1. The number of amides is 1. The highest BCUT2D eigenvalue weighted by Crippen LogP contribution is 2.06. The molecular formula is C14H28N2O2. The van der Waals surface area contributed by atoms with Gasteiger partial charge in [-0.15, -0.1) is 0 Å². The molecule has 0 radical (unpaired) electrons. The second-order valence-electron chi connectivity index (χ2n) is 5.02. The van der Waals surface area contributed by atoms with Crippen LogP contribution in [0.15, 0.2) is 0 Å². The molecule has 1 N–H and O–H groups in total. The van der Waals surface area contributed by atoms with Gasteiger partial charge < -0.3 is 15.0 Å².